The maximum atomic E-state index is 4.69. The van der Waals surface area contributed by atoms with Gasteiger partial charge in [-0.25, -0.2) is 0 Å². The van der Waals surface area contributed by atoms with E-state index in [2.05, 4.69) is 72.8 Å². The van der Waals surface area contributed by atoms with Gasteiger partial charge in [0.25, 0.3) is 0 Å². The number of allylic oxidation sites excluding steroid dienone is 2. The van der Waals surface area contributed by atoms with Crippen molar-refractivity contribution in [3.8, 4) is 0 Å². The third-order valence-electron chi connectivity index (χ3n) is 4.40. The van der Waals surface area contributed by atoms with E-state index < -0.39 is 21.3 Å². The van der Waals surface area contributed by atoms with Gasteiger partial charge in [0.2, 0.25) is 0 Å². The molecular formula is C19H17ClZr. The van der Waals surface area contributed by atoms with Crippen LogP contribution in [0.3, 0.4) is 0 Å². The van der Waals surface area contributed by atoms with E-state index in [9.17, 15) is 0 Å². The minimum atomic E-state index is -1.85. The van der Waals surface area contributed by atoms with Gasteiger partial charge in [-0.1, -0.05) is 0 Å². The summed E-state index contributed by atoms with van der Waals surface area (Å²) in [5.41, 5.74) is 5.81. The number of fused-ring (bicyclic) bond motifs is 2. The van der Waals surface area contributed by atoms with Gasteiger partial charge in [-0.05, 0) is 0 Å². The third-order valence-corrected chi connectivity index (χ3v) is 10.8. The van der Waals surface area contributed by atoms with Crippen molar-refractivity contribution in [2.45, 2.75) is 7.25 Å². The van der Waals surface area contributed by atoms with E-state index in [0.717, 1.165) is 0 Å². The molecule has 2 aliphatic carbocycles. The molecule has 21 heavy (non-hydrogen) atoms. The first kappa shape index (κ1) is 14.9. The molecule has 0 aliphatic heterocycles. The van der Waals surface area contributed by atoms with E-state index >= 15 is 0 Å². The van der Waals surface area contributed by atoms with E-state index in [-0.39, 0.29) is 12.4 Å². The number of rotatable bonds is 2. The molecule has 0 N–H and O–H groups in total. The summed E-state index contributed by atoms with van der Waals surface area (Å²) in [7, 11) is 0. The van der Waals surface area contributed by atoms with Crippen LogP contribution < -0.4 is 0 Å². The average Bonchev–Trinajstić information content (AvgIpc) is 3.11. The summed E-state index contributed by atoms with van der Waals surface area (Å²) in [4.78, 5) is 0. The minimum absolute atomic E-state index is 0. The fraction of sp³-hybridized carbons (Fsp3) is 0.105. The van der Waals surface area contributed by atoms with Crippen molar-refractivity contribution in [3.63, 3.8) is 0 Å². The van der Waals surface area contributed by atoms with Crippen LogP contribution in [0.1, 0.15) is 29.5 Å². The van der Waals surface area contributed by atoms with Crippen LogP contribution in [0.2, 0.25) is 0 Å². The molecule has 0 amide bonds. The topological polar surface area (TPSA) is 0 Å². The molecule has 2 aromatic rings. The molecule has 2 aromatic carbocycles. The number of hydrogen-bond acceptors (Lipinski definition) is 0. The molecule has 0 heterocycles. The fourth-order valence-corrected chi connectivity index (χ4v) is 9.23. The van der Waals surface area contributed by atoms with E-state index in [1.54, 1.807) is 0 Å². The standard InChI is InChI=1S/2C9H7.CH2.ClH.Zr/c2*1-2-5-9-7-3-6-8(9)4-1;;;/h2*1-7H;1H2;1H;. The zero-order valence-electron chi connectivity index (χ0n) is 11.7. The molecule has 2 atom stereocenters. The van der Waals surface area contributed by atoms with Crippen molar-refractivity contribution >= 4 is 28.8 Å². The molecule has 0 nitrogen and oxygen atoms in total. The van der Waals surface area contributed by atoms with Gasteiger partial charge in [-0.3, -0.25) is 0 Å². The zero-order chi connectivity index (χ0) is 13.5. The van der Waals surface area contributed by atoms with Crippen molar-refractivity contribution in [1.29, 1.82) is 0 Å². The predicted octanol–water partition coefficient (Wildman–Crippen LogP) is 4.99. The summed E-state index contributed by atoms with van der Waals surface area (Å²) in [5, 5.41) is 0. The fourth-order valence-electron chi connectivity index (χ4n) is 3.34. The maximum absolute atomic E-state index is 4.69. The summed E-state index contributed by atoms with van der Waals surface area (Å²) in [5.74, 6) is 0. The van der Waals surface area contributed by atoms with E-state index in [0.29, 0.717) is 7.25 Å². The Kier molecular flexibility index (Phi) is 4.24. The molecule has 0 aromatic heterocycles. The van der Waals surface area contributed by atoms with Gasteiger partial charge >= 0.3 is 128 Å². The molecule has 0 radical (unpaired) electrons. The molecule has 0 saturated heterocycles. The number of halogens is 1. The van der Waals surface area contributed by atoms with Crippen LogP contribution in [0, 0.1) is 0 Å². The van der Waals surface area contributed by atoms with Crippen molar-refractivity contribution in [2.24, 2.45) is 0 Å². The van der Waals surface area contributed by atoms with Crippen LogP contribution in [0.4, 0.5) is 0 Å². The monoisotopic (exact) mass is 370 g/mol. The predicted molar refractivity (Wildman–Crippen MR) is 90.8 cm³/mol. The van der Waals surface area contributed by atoms with Gasteiger partial charge in [0.15, 0.2) is 0 Å². The molecule has 0 spiro atoms. The second-order valence-corrected chi connectivity index (χ2v) is 11.4. The van der Waals surface area contributed by atoms with Gasteiger partial charge in [-0.2, -0.15) is 0 Å². The molecular weight excluding hydrogens is 355 g/mol. The second kappa shape index (κ2) is 5.99. The molecule has 2 aliphatic rings. The number of benzene rings is 2. The third kappa shape index (κ3) is 2.47. The Morgan fingerprint density at radius 3 is 1.62 bits per heavy atom. The molecule has 0 saturated carbocycles. The second-order valence-electron chi connectivity index (χ2n) is 5.51. The zero-order valence-corrected chi connectivity index (χ0v) is 15.0. The Balaban J connectivity index is 0.00000132. The van der Waals surface area contributed by atoms with Crippen LogP contribution in [0.15, 0.2) is 60.7 Å². The van der Waals surface area contributed by atoms with Crippen LogP contribution in [0.5, 0.6) is 0 Å². The van der Waals surface area contributed by atoms with Crippen molar-refractivity contribution in [2.75, 3.05) is 0 Å². The van der Waals surface area contributed by atoms with Gasteiger partial charge in [-0.15, -0.1) is 12.4 Å². The quantitative estimate of drug-likeness (QED) is 0.697. The molecule has 2 heteroatoms. The summed E-state index contributed by atoms with van der Waals surface area (Å²) in [6.45, 7) is 0. The molecule has 4 rings (SSSR count). The molecule has 0 fully saturated rings. The molecule has 0 bridgehead atoms. The summed E-state index contributed by atoms with van der Waals surface area (Å²) < 4.78 is 5.93. The van der Waals surface area contributed by atoms with Gasteiger partial charge < -0.3 is 0 Å². The van der Waals surface area contributed by atoms with Gasteiger partial charge in [0.1, 0.15) is 0 Å². The van der Waals surface area contributed by atoms with E-state index in [1.165, 1.54) is 22.3 Å². The van der Waals surface area contributed by atoms with Crippen molar-refractivity contribution in [3.05, 3.63) is 82.9 Å². The average molecular weight is 372 g/mol. The first-order valence-electron chi connectivity index (χ1n) is 7.07. The Morgan fingerprint density at radius 1 is 0.714 bits per heavy atom. The van der Waals surface area contributed by atoms with Crippen LogP contribution >= 0.6 is 12.4 Å². The van der Waals surface area contributed by atoms with Gasteiger partial charge in [0.05, 0.1) is 0 Å². The summed E-state index contributed by atoms with van der Waals surface area (Å²) >= 11 is -1.85. The van der Waals surface area contributed by atoms with E-state index in [1.807, 2.05) is 0 Å². The van der Waals surface area contributed by atoms with E-state index in [4.69, 9.17) is 4.21 Å². The van der Waals surface area contributed by atoms with Crippen molar-refractivity contribution < 1.29 is 21.3 Å². The van der Waals surface area contributed by atoms with Gasteiger partial charge in [0, 0.05) is 0 Å². The Hall–Kier alpha value is -1.04. The summed E-state index contributed by atoms with van der Waals surface area (Å²) in [6.07, 6.45) is 9.38. The Bertz CT molecular complexity index is 694. The van der Waals surface area contributed by atoms with Crippen LogP contribution in [0.25, 0.3) is 12.2 Å². The van der Waals surface area contributed by atoms with Crippen molar-refractivity contribution in [1.82, 2.24) is 0 Å². The normalized spacial score (nSPS) is 20.8. The SMILES string of the molecule is Cl.[CH2]=[Zr]([CH]1C=Cc2ccccc21)[CH]1C=Cc2ccccc21. The molecule has 104 valence electrons. The Morgan fingerprint density at radius 2 is 1.14 bits per heavy atom. The number of hydrogen-bond donors (Lipinski definition) is 0. The van der Waals surface area contributed by atoms with Crippen LogP contribution in [-0.2, 0) is 21.3 Å². The molecule has 2 unspecified atom stereocenters. The summed E-state index contributed by atoms with van der Waals surface area (Å²) in [6, 6.07) is 17.6. The van der Waals surface area contributed by atoms with Crippen LogP contribution in [-0.4, -0.2) is 4.21 Å². The first-order valence-corrected chi connectivity index (χ1v) is 11.7. The first-order chi connectivity index (χ1) is 9.84. The Labute approximate surface area is 139 Å².